The van der Waals surface area contributed by atoms with Gasteiger partial charge < -0.3 is 15.4 Å². The highest BCUT2D eigenvalue weighted by molar-refractivity contribution is 5.73. The summed E-state index contributed by atoms with van der Waals surface area (Å²) >= 11 is 0. The first-order valence-corrected chi connectivity index (χ1v) is 3.52. The Balaban J connectivity index is 3.61. The van der Waals surface area contributed by atoms with Crippen LogP contribution in [-0.2, 0) is 4.74 Å². The smallest absolute Gasteiger partial charge is 0.314 e. The summed E-state index contributed by atoms with van der Waals surface area (Å²) in [4.78, 5) is 10.7. The Morgan fingerprint density at radius 3 is 2.45 bits per heavy atom. The van der Waals surface area contributed by atoms with E-state index in [1.807, 2.05) is 13.8 Å². The van der Waals surface area contributed by atoms with Gasteiger partial charge in [0.05, 0.1) is 5.60 Å². The van der Waals surface area contributed by atoms with Crippen molar-refractivity contribution in [3.05, 3.63) is 0 Å². The molecule has 4 heteroatoms. The number of methoxy groups -OCH3 is 1. The van der Waals surface area contributed by atoms with Crippen molar-refractivity contribution in [3.8, 4) is 0 Å². The van der Waals surface area contributed by atoms with Crippen molar-refractivity contribution in [1.82, 2.24) is 10.6 Å². The SMILES string of the molecule is CNC(=O)NCC(C)(C)OC. The molecule has 0 aromatic carbocycles. The Bertz CT molecular complexity index is 134. The third-order valence-corrected chi connectivity index (χ3v) is 1.45. The number of ether oxygens (including phenoxy) is 1. The van der Waals surface area contributed by atoms with Crippen LogP contribution in [0.2, 0.25) is 0 Å². The van der Waals surface area contributed by atoms with E-state index in [0.717, 1.165) is 0 Å². The molecule has 0 aliphatic rings. The van der Waals surface area contributed by atoms with Crippen LogP contribution in [0.1, 0.15) is 13.8 Å². The van der Waals surface area contributed by atoms with Crippen LogP contribution in [0.15, 0.2) is 0 Å². The van der Waals surface area contributed by atoms with Crippen LogP contribution >= 0.6 is 0 Å². The number of rotatable bonds is 3. The first-order valence-electron chi connectivity index (χ1n) is 3.52. The minimum Gasteiger partial charge on any atom is -0.377 e. The first kappa shape index (κ1) is 10.2. The summed E-state index contributed by atoms with van der Waals surface area (Å²) in [5.74, 6) is 0. The minimum absolute atomic E-state index is 0.185. The van der Waals surface area contributed by atoms with Gasteiger partial charge >= 0.3 is 6.03 Å². The van der Waals surface area contributed by atoms with E-state index < -0.39 is 0 Å². The van der Waals surface area contributed by atoms with Crippen molar-refractivity contribution in [2.24, 2.45) is 0 Å². The zero-order valence-corrected chi connectivity index (χ0v) is 7.52. The summed E-state index contributed by atoms with van der Waals surface area (Å²) in [6.07, 6.45) is 0. The van der Waals surface area contributed by atoms with Gasteiger partial charge in [0.15, 0.2) is 0 Å². The van der Waals surface area contributed by atoms with Crippen LogP contribution in [-0.4, -0.2) is 32.3 Å². The topological polar surface area (TPSA) is 50.4 Å². The quantitative estimate of drug-likeness (QED) is 0.625. The van der Waals surface area contributed by atoms with Crippen LogP contribution < -0.4 is 10.6 Å². The third kappa shape index (κ3) is 4.61. The molecule has 0 radical (unpaired) electrons. The molecule has 0 atom stereocenters. The van der Waals surface area contributed by atoms with Gasteiger partial charge in [0, 0.05) is 20.7 Å². The van der Waals surface area contributed by atoms with E-state index in [0.29, 0.717) is 6.54 Å². The summed E-state index contributed by atoms with van der Waals surface area (Å²) in [6, 6.07) is -0.185. The molecule has 0 saturated carbocycles. The number of amides is 2. The van der Waals surface area contributed by atoms with Gasteiger partial charge in [-0.25, -0.2) is 4.79 Å². The molecule has 0 unspecified atom stereocenters. The fraction of sp³-hybridized carbons (Fsp3) is 0.857. The molecule has 66 valence electrons. The molecule has 11 heavy (non-hydrogen) atoms. The lowest BCUT2D eigenvalue weighted by molar-refractivity contribution is 0.0254. The number of hydrogen-bond acceptors (Lipinski definition) is 2. The van der Waals surface area contributed by atoms with Gasteiger partial charge in [0.2, 0.25) is 0 Å². The zero-order valence-electron chi connectivity index (χ0n) is 7.52. The molecule has 0 aliphatic heterocycles. The molecule has 0 aromatic rings. The van der Waals surface area contributed by atoms with Crippen molar-refractivity contribution in [2.75, 3.05) is 20.7 Å². The number of urea groups is 1. The summed E-state index contributed by atoms with van der Waals surface area (Å²) < 4.78 is 5.09. The van der Waals surface area contributed by atoms with Gasteiger partial charge in [-0.15, -0.1) is 0 Å². The molecule has 0 heterocycles. The van der Waals surface area contributed by atoms with Crippen molar-refractivity contribution in [2.45, 2.75) is 19.4 Å². The fourth-order valence-electron chi connectivity index (χ4n) is 0.454. The second-order valence-corrected chi connectivity index (χ2v) is 2.90. The molecule has 2 N–H and O–H groups in total. The number of carbonyl (C=O) groups is 1. The average Bonchev–Trinajstić information content (AvgIpc) is 2.00. The largest absolute Gasteiger partial charge is 0.377 e. The summed E-state index contributed by atoms with van der Waals surface area (Å²) in [7, 11) is 3.20. The Hall–Kier alpha value is -0.770. The Labute approximate surface area is 67.3 Å². The van der Waals surface area contributed by atoms with Gasteiger partial charge in [0.1, 0.15) is 0 Å². The van der Waals surface area contributed by atoms with Crippen molar-refractivity contribution in [3.63, 3.8) is 0 Å². The number of carbonyl (C=O) groups excluding carboxylic acids is 1. The third-order valence-electron chi connectivity index (χ3n) is 1.45. The second kappa shape index (κ2) is 4.18. The zero-order chi connectivity index (χ0) is 8.91. The highest BCUT2D eigenvalue weighted by Gasteiger charge is 2.16. The summed E-state index contributed by atoms with van der Waals surface area (Å²) in [5.41, 5.74) is -0.299. The van der Waals surface area contributed by atoms with E-state index in [2.05, 4.69) is 10.6 Å². The van der Waals surface area contributed by atoms with Gasteiger partial charge in [-0.05, 0) is 13.8 Å². The Kier molecular flexibility index (Phi) is 3.89. The molecule has 2 amide bonds. The van der Waals surface area contributed by atoms with Gasteiger partial charge in [-0.3, -0.25) is 0 Å². The molecule has 4 nitrogen and oxygen atoms in total. The lowest BCUT2D eigenvalue weighted by atomic mass is 10.1. The molecular formula is C7H16N2O2. The molecule has 0 aliphatic carbocycles. The first-order chi connectivity index (χ1) is 5.02. The predicted molar refractivity (Wildman–Crippen MR) is 43.5 cm³/mol. The summed E-state index contributed by atoms with van der Waals surface area (Å²) in [5, 5.41) is 5.10. The van der Waals surface area contributed by atoms with Crippen LogP contribution in [0, 0.1) is 0 Å². The van der Waals surface area contributed by atoms with Crippen molar-refractivity contribution >= 4 is 6.03 Å². The molecule has 0 rings (SSSR count). The predicted octanol–water partition coefficient (Wildman–Crippen LogP) is 0.340. The van der Waals surface area contributed by atoms with E-state index >= 15 is 0 Å². The molecule has 0 aromatic heterocycles. The van der Waals surface area contributed by atoms with E-state index in [-0.39, 0.29) is 11.6 Å². The minimum atomic E-state index is -0.299. The van der Waals surface area contributed by atoms with Crippen LogP contribution in [0.25, 0.3) is 0 Å². The highest BCUT2D eigenvalue weighted by Crippen LogP contribution is 2.03. The van der Waals surface area contributed by atoms with Crippen LogP contribution in [0.3, 0.4) is 0 Å². The molecule has 0 fully saturated rings. The molecule has 0 saturated heterocycles. The number of hydrogen-bond donors (Lipinski definition) is 2. The molecular weight excluding hydrogens is 144 g/mol. The molecule has 0 spiro atoms. The van der Waals surface area contributed by atoms with Crippen molar-refractivity contribution in [1.29, 1.82) is 0 Å². The van der Waals surface area contributed by atoms with Crippen LogP contribution in [0.5, 0.6) is 0 Å². The van der Waals surface area contributed by atoms with Crippen LogP contribution in [0.4, 0.5) is 4.79 Å². The van der Waals surface area contributed by atoms with E-state index in [1.54, 1.807) is 14.2 Å². The maximum Gasteiger partial charge on any atom is 0.314 e. The maximum absolute atomic E-state index is 10.7. The normalized spacial score (nSPS) is 10.9. The maximum atomic E-state index is 10.7. The lowest BCUT2D eigenvalue weighted by Gasteiger charge is -2.22. The summed E-state index contributed by atoms with van der Waals surface area (Å²) in [6.45, 7) is 4.31. The monoisotopic (exact) mass is 160 g/mol. The van der Waals surface area contributed by atoms with Crippen molar-refractivity contribution < 1.29 is 9.53 Å². The standard InChI is InChI=1S/C7H16N2O2/c1-7(2,11-4)5-9-6(10)8-3/h5H2,1-4H3,(H2,8,9,10). The lowest BCUT2D eigenvalue weighted by Crippen LogP contribution is -2.43. The fourth-order valence-corrected chi connectivity index (χ4v) is 0.454. The van der Waals surface area contributed by atoms with E-state index in [4.69, 9.17) is 4.74 Å². The van der Waals surface area contributed by atoms with E-state index in [1.165, 1.54) is 0 Å². The highest BCUT2D eigenvalue weighted by atomic mass is 16.5. The van der Waals surface area contributed by atoms with Gasteiger partial charge in [0.25, 0.3) is 0 Å². The molecule has 0 bridgehead atoms. The van der Waals surface area contributed by atoms with E-state index in [9.17, 15) is 4.79 Å². The average molecular weight is 160 g/mol. The van der Waals surface area contributed by atoms with Gasteiger partial charge in [-0.2, -0.15) is 0 Å². The van der Waals surface area contributed by atoms with Gasteiger partial charge in [-0.1, -0.05) is 0 Å². The Morgan fingerprint density at radius 1 is 1.55 bits per heavy atom. The second-order valence-electron chi connectivity index (χ2n) is 2.90. The Morgan fingerprint density at radius 2 is 2.09 bits per heavy atom. The number of nitrogens with one attached hydrogen (secondary N) is 2.